The summed E-state index contributed by atoms with van der Waals surface area (Å²) in [5.74, 6) is 0.0392. The van der Waals surface area contributed by atoms with E-state index in [-0.39, 0.29) is 5.91 Å². The van der Waals surface area contributed by atoms with Gasteiger partial charge < -0.3 is 10.2 Å². The highest BCUT2D eigenvalue weighted by molar-refractivity contribution is 5.81. The van der Waals surface area contributed by atoms with Crippen LogP contribution in [-0.4, -0.2) is 24.0 Å². The van der Waals surface area contributed by atoms with Crippen molar-refractivity contribution in [3.63, 3.8) is 0 Å². The Morgan fingerprint density at radius 1 is 1.19 bits per heavy atom. The fraction of sp³-hybridized carbons (Fsp3) is 0.294. The molecule has 1 N–H and O–H groups in total. The third-order valence-electron chi connectivity index (χ3n) is 3.73. The van der Waals surface area contributed by atoms with Crippen molar-refractivity contribution in [2.45, 2.75) is 19.4 Å². The van der Waals surface area contributed by atoms with Gasteiger partial charge in [-0.25, -0.2) is 0 Å². The van der Waals surface area contributed by atoms with Crippen LogP contribution < -0.4 is 10.2 Å². The van der Waals surface area contributed by atoms with Crippen LogP contribution in [0.2, 0.25) is 0 Å². The Bertz CT molecular complexity index is 612. The van der Waals surface area contributed by atoms with E-state index in [0.29, 0.717) is 13.1 Å². The van der Waals surface area contributed by atoms with E-state index in [0.717, 1.165) is 25.1 Å². The molecule has 1 aromatic carbocycles. The van der Waals surface area contributed by atoms with Gasteiger partial charge in [-0.05, 0) is 36.6 Å². The molecule has 0 radical (unpaired) electrons. The molecule has 0 saturated heterocycles. The monoisotopic (exact) mass is 281 g/mol. The Balaban J connectivity index is 1.58. The number of hydrogen-bond acceptors (Lipinski definition) is 3. The van der Waals surface area contributed by atoms with Crippen molar-refractivity contribution in [1.82, 2.24) is 10.3 Å². The lowest BCUT2D eigenvalue weighted by Gasteiger charge is -2.30. The molecule has 2 aromatic rings. The third kappa shape index (κ3) is 3.40. The molecular weight excluding hydrogens is 262 g/mol. The Morgan fingerprint density at radius 2 is 2.05 bits per heavy atom. The number of aromatic nitrogens is 1. The lowest BCUT2D eigenvalue weighted by molar-refractivity contribution is -0.120. The number of aryl methyl sites for hydroxylation is 1. The number of hydrogen-bond donors (Lipinski definition) is 1. The molecule has 1 aromatic heterocycles. The molecule has 0 atom stereocenters. The Hall–Kier alpha value is -2.36. The lowest BCUT2D eigenvalue weighted by atomic mass is 10.0. The quantitative estimate of drug-likeness (QED) is 0.934. The molecule has 0 fully saturated rings. The molecule has 2 heterocycles. The predicted octanol–water partition coefficient (Wildman–Crippen LogP) is 2.15. The molecule has 3 rings (SSSR count). The maximum atomic E-state index is 12.1. The molecule has 108 valence electrons. The van der Waals surface area contributed by atoms with E-state index in [1.807, 2.05) is 24.3 Å². The highest BCUT2D eigenvalue weighted by atomic mass is 16.2. The Kier molecular flexibility index (Phi) is 4.15. The summed E-state index contributed by atoms with van der Waals surface area (Å²) in [4.78, 5) is 18.5. The van der Waals surface area contributed by atoms with Crippen molar-refractivity contribution in [3.05, 3.63) is 59.9 Å². The van der Waals surface area contributed by atoms with Gasteiger partial charge in [-0.2, -0.15) is 0 Å². The highest BCUT2D eigenvalue weighted by Gasteiger charge is 2.18. The number of anilines is 1. The lowest BCUT2D eigenvalue weighted by Crippen LogP contribution is -2.39. The molecule has 21 heavy (non-hydrogen) atoms. The van der Waals surface area contributed by atoms with Gasteiger partial charge in [-0.15, -0.1) is 0 Å². The van der Waals surface area contributed by atoms with Crippen LogP contribution in [0.3, 0.4) is 0 Å². The summed E-state index contributed by atoms with van der Waals surface area (Å²) < 4.78 is 0. The van der Waals surface area contributed by atoms with Crippen molar-refractivity contribution in [2.24, 2.45) is 0 Å². The van der Waals surface area contributed by atoms with E-state index in [9.17, 15) is 4.79 Å². The van der Waals surface area contributed by atoms with Crippen LogP contribution in [0.15, 0.2) is 48.7 Å². The third-order valence-corrected chi connectivity index (χ3v) is 3.73. The number of nitrogens with one attached hydrogen (secondary N) is 1. The van der Waals surface area contributed by atoms with Gasteiger partial charge in [0.15, 0.2) is 0 Å². The standard InChI is InChI=1S/C17H19N3O/c21-17(19-12-15-8-3-4-10-18-15)13-20-11-5-7-14-6-1-2-9-16(14)20/h1-4,6,8-10H,5,7,11-13H2,(H,19,21). The van der Waals surface area contributed by atoms with Gasteiger partial charge in [0.25, 0.3) is 0 Å². The molecule has 1 aliphatic rings. The average Bonchev–Trinajstić information content (AvgIpc) is 2.54. The minimum atomic E-state index is 0.0392. The van der Waals surface area contributed by atoms with Crippen molar-refractivity contribution < 1.29 is 4.79 Å². The molecule has 0 unspecified atom stereocenters. The zero-order valence-electron chi connectivity index (χ0n) is 12.0. The molecule has 4 nitrogen and oxygen atoms in total. The SMILES string of the molecule is O=C(CN1CCCc2ccccc21)NCc1ccccn1. The number of benzene rings is 1. The topological polar surface area (TPSA) is 45.2 Å². The molecule has 4 heteroatoms. The van der Waals surface area contributed by atoms with Crippen LogP contribution in [0.5, 0.6) is 0 Å². The Labute approximate surface area is 124 Å². The summed E-state index contributed by atoms with van der Waals surface area (Å²) in [6, 6.07) is 14.0. The molecular formula is C17H19N3O. The molecule has 0 aliphatic carbocycles. The minimum Gasteiger partial charge on any atom is -0.362 e. The summed E-state index contributed by atoms with van der Waals surface area (Å²) in [6.07, 6.45) is 3.94. The number of amides is 1. The summed E-state index contributed by atoms with van der Waals surface area (Å²) in [7, 11) is 0. The highest BCUT2D eigenvalue weighted by Crippen LogP contribution is 2.26. The molecule has 0 bridgehead atoms. The van der Waals surface area contributed by atoms with E-state index in [1.165, 1.54) is 11.3 Å². The van der Waals surface area contributed by atoms with Crippen LogP contribution >= 0.6 is 0 Å². The van der Waals surface area contributed by atoms with E-state index in [4.69, 9.17) is 0 Å². The maximum Gasteiger partial charge on any atom is 0.239 e. The van der Waals surface area contributed by atoms with Crippen molar-refractivity contribution in [1.29, 1.82) is 0 Å². The largest absolute Gasteiger partial charge is 0.362 e. The number of pyridine rings is 1. The number of fused-ring (bicyclic) bond motifs is 1. The number of carbonyl (C=O) groups excluding carboxylic acids is 1. The minimum absolute atomic E-state index is 0.0392. The van der Waals surface area contributed by atoms with E-state index < -0.39 is 0 Å². The second kappa shape index (κ2) is 6.39. The van der Waals surface area contributed by atoms with Crippen LogP contribution in [0.1, 0.15) is 17.7 Å². The number of para-hydroxylation sites is 1. The molecule has 0 saturated carbocycles. The van der Waals surface area contributed by atoms with Crippen LogP contribution in [-0.2, 0) is 17.8 Å². The van der Waals surface area contributed by atoms with Gasteiger partial charge in [0, 0.05) is 18.4 Å². The zero-order valence-corrected chi connectivity index (χ0v) is 12.0. The van der Waals surface area contributed by atoms with E-state index in [1.54, 1.807) is 6.20 Å². The van der Waals surface area contributed by atoms with E-state index in [2.05, 4.69) is 33.4 Å². The summed E-state index contributed by atoms with van der Waals surface area (Å²) in [6.45, 7) is 1.83. The predicted molar refractivity (Wildman–Crippen MR) is 83.1 cm³/mol. The van der Waals surface area contributed by atoms with Gasteiger partial charge >= 0.3 is 0 Å². The summed E-state index contributed by atoms with van der Waals surface area (Å²) >= 11 is 0. The number of nitrogens with zero attached hydrogens (tertiary/aromatic N) is 2. The fourth-order valence-electron chi connectivity index (χ4n) is 2.70. The van der Waals surface area contributed by atoms with Crippen molar-refractivity contribution in [3.8, 4) is 0 Å². The first-order valence-corrected chi connectivity index (χ1v) is 7.32. The molecule has 1 amide bonds. The van der Waals surface area contributed by atoms with Gasteiger partial charge in [0.2, 0.25) is 5.91 Å². The fourth-order valence-corrected chi connectivity index (χ4v) is 2.70. The number of rotatable bonds is 4. The van der Waals surface area contributed by atoms with Crippen molar-refractivity contribution >= 4 is 11.6 Å². The second-order valence-corrected chi connectivity index (χ2v) is 5.25. The summed E-state index contributed by atoms with van der Waals surface area (Å²) in [5.41, 5.74) is 3.41. The number of carbonyl (C=O) groups is 1. The molecule has 1 aliphatic heterocycles. The summed E-state index contributed by atoms with van der Waals surface area (Å²) in [5, 5.41) is 2.93. The van der Waals surface area contributed by atoms with Crippen molar-refractivity contribution in [2.75, 3.05) is 18.0 Å². The Morgan fingerprint density at radius 3 is 2.90 bits per heavy atom. The first-order valence-electron chi connectivity index (χ1n) is 7.32. The first-order chi connectivity index (χ1) is 10.3. The second-order valence-electron chi connectivity index (χ2n) is 5.25. The van der Waals surface area contributed by atoms with Crippen LogP contribution in [0.25, 0.3) is 0 Å². The normalized spacial score (nSPS) is 13.6. The van der Waals surface area contributed by atoms with Crippen LogP contribution in [0.4, 0.5) is 5.69 Å². The van der Waals surface area contributed by atoms with Gasteiger partial charge in [0.1, 0.15) is 0 Å². The molecule has 0 spiro atoms. The van der Waals surface area contributed by atoms with Gasteiger partial charge in [-0.1, -0.05) is 24.3 Å². The average molecular weight is 281 g/mol. The maximum absolute atomic E-state index is 12.1. The zero-order chi connectivity index (χ0) is 14.5. The van der Waals surface area contributed by atoms with Gasteiger partial charge in [0.05, 0.1) is 18.8 Å². The van der Waals surface area contributed by atoms with Crippen LogP contribution in [0, 0.1) is 0 Å². The van der Waals surface area contributed by atoms with Gasteiger partial charge in [-0.3, -0.25) is 9.78 Å². The smallest absolute Gasteiger partial charge is 0.239 e. The van der Waals surface area contributed by atoms with E-state index >= 15 is 0 Å². The first kappa shape index (κ1) is 13.6.